The third-order valence-corrected chi connectivity index (χ3v) is 4.11. The van der Waals surface area contributed by atoms with Gasteiger partial charge >= 0.3 is 0 Å². The Balaban J connectivity index is 2.03. The fraction of sp³-hybridized carbons (Fsp3) is 0.316. The first kappa shape index (κ1) is 17.1. The van der Waals surface area contributed by atoms with Gasteiger partial charge in [0, 0.05) is 32.9 Å². The summed E-state index contributed by atoms with van der Waals surface area (Å²) < 4.78 is 10.4. The Hall–Kier alpha value is -2.73. The standard InChI is InChI=1S/C19H21N3O3/c1-13-17-15(19(23)22(2)10-7-11-24-3)12-16(20-18(17)25-21-13)14-8-5-4-6-9-14/h4-6,8-9,12H,7,10-11H2,1-3H3. The Morgan fingerprint density at radius 3 is 2.76 bits per heavy atom. The molecule has 0 unspecified atom stereocenters. The molecule has 2 heterocycles. The lowest BCUT2D eigenvalue weighted by Gasteiger charge is -2.18. The van der Waals surface area contributed by atoms with Crippen LogP contribution in [0.15, 0.2) is 40.9 Å². The van der Waals surface area contributed by atoms with Gasteiger partial charge in [-0.05, 0) is 19.4 Å². The third-order valence-electron chi connectivity index (χ3n) is 4.11. The van der Waals surface area contributed by atoms with Gasteiger partial charge in [-0.1, -0.05) is 35.5 Å². The van der Waals surface area contributed by atoms with Crippen LogP contribution in [0.5, 0.6) is 0 Å². The molecule has 6 heteroatoms. The molecule has 0 spiro atoms. The van der Waals surface area contributed by atoms with Gasteiger partial charge in [0.2, 0.25) is 0 Å². The summed E-state index contributed by atoms with van der Waals surface area (Å²) in [7, 11) is 3.44. The first-order chi connectivity index (χ1) is 12.1. The van der Waals surface area contributed by atoms with Gasteiger partial charge in [-0.3, -0.25) is 4.79 Å². The summed E-state index contributed by atoms with van der Waals surface area (Å²) in [6.07, 6.45) is 0.779. The van der Waals surface area contributed by atoms with Crippen molar-refractivity contribution in [3.63, 3.8) is 0 Å². The van der Waals surface area contributed by atoms with Crippen LogP contribution < -0.4 is 0 Å². The summed E-state index contributed by atoms with van der Waals surface area (Å²) in [5.74, 6) is -0.0769. The molecule has 3 aromatic rings. The van der Waals surface area contributed by atoms with E-state index in [9.17, 15) is 4.79 Å². The van der Waals surface area contributed by atoms with Crippen LogP contribution in [0.4, 0.5) is 0 Å². The van der Waals surface area contributed by atoms with E-state index in [1.807, 2.05) is 43.3 Å². The predicted octanol–water partition coefficient (Wildman–Crippen LogP) is 3.31. The fourth-order valence-electron chi connectivity index (χ4n) is 2.77. The first-order valence-electron chi connectivity index (χ1n) is 8.18. The maximum absolute atomic E-state index is 13.0. The van der Waals surface area contributed by atoms with Gasteiger partial charge in [-0.25, -0.2) is 4.98 Å². The van der Waals surface area contributed by atoms with E-state index < -0.39 is 0 Å². The van der Waals surface area contributed by atoms with Gasteiger partial charge in [-0.2, -0.15) is 0 Å². The van der Waals surface area contributed by atoms with E-state index in [1.54, 1.807) is 19.1 Å². The number of hydrogen-bond donors (Lipinski definition) is 0. The molecule has 0 fully saturated rings. The molecule has 1 amide bonds. The number of methoxy groups -OCH3 is 1. The van der Waals surface area contributed by atoms with Crippen LogP contribution >= 0.6 is 0 Å². The zero-order valence-electron chi connectivity index (χ0n) is 14.7. The summed E-state index contributed by atoms with van der Waals surface area (Å²) >= 11 is 0. The molecular formula is C19H21N3O3. The molecule has 0 aliphatic rings. The molecule has 130 valence electrons. The van der Waals surface area contributed by atoms with Crippen molar-refractivity contribution in [3.05, 3.63) is 47.7 Å². The smallest absolute Gasteiger partial charge is 0.259 e. The van der Waals surface area contributed by atoms with Gasteiger partial charge < -0.3 is 14.2 Å². The van der Waals surface area contributed by atoms with Crippen LogP contribution in [-0.2, 0) is 4.74 Å². The number of carbonyl (C=O) groups is 1. The largest absolute Gasteiger partial charge is 0.385 e. The minimum Gasteiger partial charge on any atom is -0.385 e. The quantitative estimate of drug-likeness (QED) is 0.645. The van der Waals surface area contributed by atoms with Crippen LogP contribution in [0.3, 0.4) is 0 Å². The van der Waals surface area contributed by atoms with Gasteiger partial charge in [0.05, 0.1) is 22.3 Å². The molecule has 6 nitrogen and oxygen atoms in total. The lowest BCUT2D eigenvalue weighted by Crippen LogP contribution is -2.28. The number of aryl methyl sites for hydroxylation is 1. The Bertz CT molecular complexity index is 874. The van der Waals surface area contributed by atoms with Crippen LogP contribution in [0.2, 0.25) is 0 Å². The van der Waals surface area contributed by atoms with Gasteiger partial charge in [0.25, 0.3) is 11.6 Å². The van der Waals surface area contributed by atoms with Crippen molar-refractivity contribution in [1.29, 1.82) is 0 Å². The highest BCUT2D eigenvalue weighted by atomic mass is 16.5. The number of rotatable bonds is 6. The lowest BCUT2D eigenvalue weighted by molar-refractivity contribution is 0.0781. The van der Waals surface area contributed by atoms with Crippen LogP contribution in [0.25, 0.3) is 22.4 Å². The third kappa shape index (κ3) is 3.53. The lowest BCUT2D eigenvalue weighted by atomic mass is 10.0. The second-order valence-corrected chi connectivity index (χ2v) is 5.94. The van der Waals surface area contributed by atoms with Gasteiger partial charge in [-0.15, -0.1) is 0 Å². The maximum Gasteiger partial charge on any atom is 0.259 e. The maximum atomic E-state index is 13.0. The van der Waals surface area contributed by atoms with E-state index in [4.69, 9.17) is 9.26 Å². The molecule has 0 aliphatic heterocycles. The first-order valence-corrected chi connectivity index (χ1v) is 8.18. The molecule has 0 N–H and O–H groups in total. The summed E-state index contributed by atoms with van der Waals surface area (Å²) in [5.41, 5.74) is 3.22. The van der Waals surface area contributed by atoms with Crippen LogP contribution in [-0.4, -0.2) is 48.3 Å². The Kier molecular flexibility index (Phi) is 5.09. The van der Waals surface area contributed by atoms with Crippen molar-refractivity contribution in [2.45, 2.75) is 13.3 Å². The monoisotopic (exact) mass is 339 g/mol. The second-order valence-electron chi connectivity index (χ2n) is 5.94. The number of amides is 1. The normalized spacial score (nSPS) is 11.0. The SMILES string of the molecule is COCCCN(C)C(=O)c1cc(-c2ccccc2)nc2onc(C)c12. The van der Waals surface area contributed by atoms with Crippen LogP contribution in [0, 0.1) is 6.92 Å². The van der Waals surface area contributed by atoms with Crippen molar-refractivity contribution < 1.29 is 14.1 Å². The average molecular weight is 339 g/mol. The van der Waals surface area contributed by atoms with Crippen molar-refractivity contribution in [1.82, 2.24) is 15.0 Å². The number of benzene rings is 1. The molecule has 0 atom stereocenters. The van der Waals surface area contributed by atoms with Crippen molar-refractivity contribution in [2.24, 2.45) is 0 Å². The van der Waals surface area contributed by atoms with E-state index in [1.165, 1.54) is 0 Å². The number of ether oxygens (including phenoxy) is 1. The Labute approximate surface area is 146 Å². The molecule has 25 heavy (non-hydrogen) atoms. The fourth-order valence-corrected chi connectivity index (χ4v) is 2.77. The molecule has 0 saturated carbocycles. The van der Waals surface area contributed by atoms with Crippen molar-refractivity contribution in [2.75, 3.05) is 27.3 Å². The summed E-state index contributed by atoms with van der Waals surface area (Å²) in [6, 6.07) is 11.5. The highest BCUT2D eigenvalue weighted by Crippen LogP contribution is 2.27. The zero-order chi connectivity index (χ0) is 17.8. The molecule has 0 radical (unpaired) electrons. The van der Waals surface area contributed by atoms with E-state index in [0.717, 1.165) is 12.0 Å². The molecule has 0 saturated heterocycles. The van der Waals surface area contributed by atoms with Gasteiger partial charge in [0.1, 0.15) is 0 Å². The van der Waals surface area contributed by atoms with E-state index >= 15 is 0 Å². The number of pyridine rings is 1. The van der Waals surface area contributed by atoms with Crippen LogP contribution in [0.1, 0.15) is 22.5 Å². The number of hydrogen-bond acceptors (Lipinski definition) is 5. The molecule has 3 rings (SSSR count). The van der Waals surface area contributed by atoms with E-state index in [2.05, 4.69) is 10.1 Å². The Morgan fingerprint density at radius 1 is 1.28 bits per heavy atom. The Morgan fingerprint density at radius 2 is 2.04 bits per heavy atom. The summed E-state index contributed by atoms with van der Waals surface area (Å²) in [6.45, 7) is 3.05. The zero-order valence-corrected chi connectivity index (χ0v) is 14.7. The highest BCUT2D eigenvalue weighted by Gasteiger charge is 2.21. The number of aromatic nitrogens is 2. The topological polar surface area (TPSA) is 68.5 Å². The number of fused-ring (bicyclic) bond motifs is 1. The highest BCUT2D eigenvalue weighted by molar-refractivity contribution is 6.06. The number of carbonyl (C=O) groups excluding carboxylic acids is 1. The molecule has 0 aliphatic carbocycles. The molecule has 2 aromatic heterocycles. The average Bonchev–Trinajstić information content (AvgIpc) is 3.02. The van der Waals surface area contributed by atoms with E-state index in [0.29, 0.717) is 41.2 Å². The second kappa shape index (κ2) is 7.44. The number of nitrogens with zero attached hydrogens (tertiary/aromatic N) is 3. The summed E-state index contributed by atoms with van der Waals surface area (Å²) in [5, 5.41) is 4.65. The molecule has 0 bridgehead atoms. The minimum atomic E-state index is -0.0769. The van der Waals surface area contributed by atoms with Gasteiger partial charge in [0.15, 0.2) is 0 Å². The predicted molar refractivity (Wildman–Crippen MR) is 95.4 cm³/mol. The van der Waals surface area contributed by atoms with Crippen molar-refractivity contribution in [3.8, 4) is 11.3 Å². The molecular weight excluding hydrogens is 318 g/mol. The van der Waals surface area contributed by atoms with Crippen molar-refractivity contribution >= 4 is 17.0 Å². The summed E-state index contributed by atoms with van der Waals surface area (Å²) in [4.78, 5) is 19.2. The minimum absolute atomic E-state index is 0.0769. The molecule has 1 aromatic carbocycles. The van der Waals surface area contributed by atoms with E-state index in [-0.39, 0.29) is 5.91 Å².